The summed E-state index contributed by atoms with van der Waals surface area (Å²) in [6.07, 6.45) is 6.93. The first-order valence-corrected chi connectivity index (χ1v) is 11.1. The Labute approximate surface area is 177 Å². The molecule has 1 amide bonds. The molecule has 0 bridgehead atoms. The minimum absolute atomic E-state index is 0.0475. The fraction of sp³-hybridized carbons (Fsp3) is 0.500. The van der Waals surface area contributed by atoms with Gasteiger partial charge in [-0.1, -0.05) is 30.3 Å². The van der Waals surface area contributed by atoms with Gasteiger partial charge in [-0.25, -0.2) is 0 Å². The van der Waals surface area contributed by atoms with Gasteiger partial charge >= 0.3 is 0 Å². The number of amides is 1. The summed E-state index contributed by atoms with van der Waals surface area (Å²) in [7, 11) is 0. The number of aromatic nitrogens is 2. The third-order valence-corrected chi connectivity index (χ3v) is 6.67. The van der Waals surface area contributed by atoms with Crippen molar-refractivity contribution in [3.05, 3.63) is 65.0 Å². The van der Waals surface area contributed by atoms with Crippen LogP contribution in [0.5, 0.6) is 0 Å². The van der Waals surface area contributed by atoms with Gasteiger partial charge < -0.3 is 15.0 Å². The molecular formula is C24H30N4O2. The van der Waals surface area contributed by atoms with Crippen LogP contribution in [0.2, 0.25) is 0 Å². The van der Waals surface area contributed by atoms with Crippen molar-refractivity contribution in [2.24, 2.45) is 0 Å². The molecule has 6 nitrogen and oxygen atoms in total. The fourth-order valence-corrected chi connectivity index (χ4v) is 5.20. The maximum Gasteiger partial charge on any atom is 0.274 e. The van der Waals surface area contributed by atoms with E-state index in [2.05, 4.69) is 36.2 Å². The summed E-state index contributed by atoms with van der Waals surface area (Å²) < 4.78 is 7.40. The van der Waals surface area contributed by atoms with E-state index in [9.17, 15) is 4.79 Å². The summed E-state index contributed by atoms with van der Waals surface area (Å²) in [4.78, 5) is 15.1. The lowest BCUT2D eigenvalue weighted by Gasteiger charge is -2.29. The number of nitrogens with one attached hydrogen (secondary N) is 1. The molecule has 1 aliphatic heterocycles. The highest BCUT2D eigenvalue weighted by atomic mass is 16.5. The van der Waals surface area contributed by atoms with Crippen molar-refractivity contribution in [3.63, 3.8) is 0 Å². The van der Waals surface area contributed by atoms with Crippen molar-refractivity contribution in [3.8, 4) is 0 Å². The molecule has 1 aromatic carbocycles. The van der Waals surface area contributed by atoms with Crippen molar-refractivity contribution in [1.82, 2.24) is 20.0 Å². The van der Waals surface area contributed by atoms with Crippen molar-refractivity contribution in [2.45, 2.75) is 50.7 Å². The van der Waals surface area contributed by atoms with Crippen molar-refractivity contribution in [2.75, 3.05) is 26.3 Å². The number of allylic oxidation sites excluding steroid dienone is 1. The van der Waals surface area contributed by atoms with E-state index in [4.69, 9.17) is 9.84 Å². The molecule has 1 aromatic heterocycles. The predicted octanol–water partition coefficient (Wildman–Crippen LogP) is 2.16. The van der Waals surface area contributed by atoms with Crippen LogP contribution in [0.25, 0.3) is 0 Å². The zero-order valence-electron chi connectivity index (χ0n) is 17.5. The molecule has 158 valence electrons. The monoisotopic (exact) mass is 406 g/mol. The Morgan fingerprint density at radius 3 is 2.60 bits per heavy atom. The number of carbonyl (C=O) groups is 1. The van der Waals surface area contributed by atoms with E-state index < -0.39 is 0 Å². The Bertz CT molecular complexity index is 920. The van der Waals surface area contributed by atoms with Gasteiger partial charge in [-0.3, -0.25) is 9.48 Å². The van der Waals surface area contributed by atoms with Gasteiger partial charge in [0.25, 0.3) is 5.91 Å². The molecule has 6 heteroatoms. The van der Waals surface area contributed by atoms with E-state index in [1.165, 1.54) is 16.8 Å². The number of carbonyl (C=O) groups excluding carboxylic acids is 1. The molecule has 0 saturated carbocycles. The lowest BCUT2D eigenvalue weighted by molar-refractivity contribution is 0.0297. The molecule has 2 aromatic rings. The molecular weight excluding hydrogens is 376 g/mol. The Kier molecular flexibility index (Phi) is 5.44. The zero-order valence-corrected chi connectivity index (χ0v) is 17.5. The number of hydrogen-bond acceptors (Lipinski definition) is 4. The summed E-state index contributed by atoms with van der Waals surface area (Å²) in [5.41, 5.74) is 5.91. The van der Waals surface area contributed by atoms with Crippen LogP contribution in [-0.2, 0) is 37.0 Å². The minimum Gasteiger partial charge on any atom is -0.378 e. The minimum atomic E-state index is 0.0475. The number of nitrogens with zero attached hydrogens (tertiary/aromatic N) is 3. The van der Waals surface area contributed by atoms with Gasteiger partial charge in [-0.2, -0.15) is 5.10 Å². The number of benzene rings is 1. The van der Waals surface area contributed by atoms with Gasteiger partial charge in [-0.05, 0) is 43.2 Å². The third kappa shape index (κ3) is 3.70. The van der Waals surface area contributed by atoms with E-state index in [1.54, 1.807) is 0 Å². The maximum atomic E-state index is 13.2. The second kappa shape index (κ2) is 8.36. The highest BCUT2D eigenvalue weighted by molar-refractivity contribution is 5.94. The Hall–Kier alpha value is -2.44. The normalized spacial score (nSPS) is 21.3. The van der Waals surface area contributed by atoms with Crippen LogP contribution in [-0.4, -0.2) is 59.0 Å². The quantitative estimate of drug-likeness (QED) is 0.773. The topological polar surface area (TPSA) is 59.4 Å². The summed E-state index contributed by atoms with van der Waals surface area (Å²) in [6, 6.07) is 9.62. The number of fused-ring (bicyclic) bond motifs is 2. The average Bonchev–Trinajstić information content (AvgIpc) is 3.35. The van der Waals surface area contributed by atoms with Gasteiger partial charge in [0.05, 0.1) is 19.8 Å². The van der Waals surface area contributed by atoms with Crippen LogP contribution in [0.15, 0.2) is 36.9 Å². The Morgan fingerprint density at radius 1 is 1.17 bits per heavy atom. The molecule has 0 unspecified atom stereocenters. The molecule has 1 N–H and O–H groups in total. The molecule has 0 spiro atoms. The van der Waals surface area contributed by atoms with Crippen LogP contribution in [0.3, 0.4) is 0 Å². The average molecular weight is 407 g/mol. The molecule has 0 radical (unpaired) electrons. The molecule has 30 heavy (non-hydrogen) atoms. The highest BCUT2D eigenvalue weighted by Crippen LogP contribution is 2.28. The Balaban J connectivity index is 1.34. The van der Waals surface area contributed by atoms with Gasteiger partial charge in [0.15, 0.2) is 5.69 Å². The number of rotatable bonds is 5. The van der Waals surface area contributed by atoms with Crippen LogP contribution in [0, 0.1) is 0 Å². The van der Waals surface area contributed by atoms with Gasteiger partial charge in [0.1, 0.15) is 0 Å². The second-order valence-corrected chi connectivity index (χ2v) is 8.63. The molecule has 1 saturated heterocycles. The lowest BCUT2D eigenvalue weighted by atomic mass is 9.90. The third-order valence-electron chi connectivity index (χ3n) is 6.67. The van der Waals surface area contributed by atoms with Crippen molar-refractivity contribution < 1.29 is 9.53 Å². The van der Waals surface area contributed by atoms with Gasteiger partial charge in [-0.15, -0.1) is 6.58 Å². The summed E-state index contributed by atoms with van der Waals surface area (Å²) >= 11 is 0. The smallest absolute Gasteiger partial charge is 0.274 e. The first-order chi connectivity index (χ1) is 14.7. The molecule has 3 aliphatic rings. The summed E-state index contributed by atoms with van der Waals surface area (Å²) in [5, 5.41) is 8.63. The van der Waals surface area contributed by atoms with Crippen molar-refractivity contribution in [1.29, 1.82) is 0 Å². The molecule has 1 fully saturated rings. The van der Waals surface area contributed by atoms with E-state index in [1.807, 2.05) is 15.7 Å². The zero-order chi connectivity index (χ0) is 20.5. The fourth-order valence-electron chi connectivity index (χ4n) is 5.20. The molecule has 2 aliphatic carbocycles. The van der Waals surface area contributed by atoms with Gasteiger partial charge in [0, 0.05) is 36.4 Å². The SMILES string of the molecule is C=CCn1nc(C(=O)N2CCOCC2)c2c1CC[C@H](NC1Cc3ccccc3C1)C2. The standard InChI is InChI=1S/C24H30N4O2/c1-2-9-28-22-8-7-19(25-20-14-17-5-3-4-6-18(17)15-20)16-21(22)23(26-28)24(29)27-10-12-30-13-11-27/h2-6,19-20,25H,1,7-16H2/t19-/m0/s1. The second-order valence-electron chi connectivity index (χ2n) is 8.63. The maximum absolute atomic E-state index is 13.2. The summed E-state index contributed by atoms with van der Waals surface area (Å²) in [6.45, 7) is 7.01. The van der Waals surface area contributed by atoms with Crippen molar-refractivity contribution >= 4 is 5.91 Å². The van der Waals surface area contributed by atoms with Crippen LogP contribution in [0.4, 0.5) is 0 Å². The van der Waals surface area contributed by atoms with Crippen LogP contribution < -0.4 is 5.32 Å². The van der Waals surface area contributed by atoms with Gasteiger partial charge in [0.2, 0.25) is 0 Å². The van der Waals surface area contributed by atoms with Crippen LogP contribution in [0.1, 0.15) is 39.3 Å². The number of ether oxygens (including phenoxy) is 1. The van der Waals surface area contributed by atoms with E-state index in [-0.39, 0.29) is 5.91 Å². The van der Waals surface area contributed by atoms with E-state index in [0.717, 1.165) is 37.7 Å². The Morgan fingerprint density at radius 2 is 1.90 bits per heavy atom. The molecule has 1 atom stereocenters. The highest BCUT2D eigenvalue weighted by Gasteiger charge is 2.33. The number of morpholine rings is 1. The predicted molar refractivity (Wildman–Crippen MR) is 116 cm³/mol. The molecule has 5 rings (SSSR count). The van der Waals surface area contributed by atoms with E-state index >= 15 is 0 Å². The van der Waals surface area contributed by atoms with Crippen LogP contribution >= 0.6 is 0 Å². The first-order valence-electron chi connectivity index (χ1n) is 11.1. The van der Waals surface area contributed by atoms with E-state index in [0.29, 0.717) is 50.6 Å². The largest absolute Gasteiger partial charge is 0.378 e. The molecule has 2 heterocycles. The summed E-state index contributed by atoms with van der Waals surface area (Å²) in [5.74, 6) is 0.0475. The first kappa shape index (κ1) is 19.5. The lowest BCUT2D eigenvalue weighted by Crippen LogP contribution is -2.43. The number of hydrogen-bond donors (Lipinski definition) is 1.